The maximum Gasteiger partial charge on any atom is 0.496 e. The van der Waals surface area contributed by atoms with Crippen molar-refractivity contribution in [3.05, 3.63) is 48.5 Å². The first kappa shape index (κ1) is 18.8. The van der Waals surface area contributed by atoms with Gasteiger partial charge in [0.15, 0.2) is 0 Å². The molecule has 1 fully saturated rings. The first-order chi connectivity index (χ1) is 12.0. The highest BCUT2D eigenvalue weighted by Crippen LogP contribution is 2.37. The quantitative estimate of drug-likeness (QED) is 0.501. The van der Waals surface area contributed by atoms with Crippen molar-refractivity contribution in [2.75, 3.05) is 5.73 Å². The SMILES string of the molecule is CC1(C)OB(c2ccc(OS(=O)(=O)c3ccccc3)cc2N)OC1(C)C. The molecule has 0 spiro atoms. The molecule has 0 unspecified atom stereocenters. The Hall–Kier alpha value is -2.03. The minimum absolute atomic E-state index is 0.0774. The zero-order valence-electron chi connectivity index (χ0n) is 15.2. The van der Waals surface area contributed by atoms with Gasteiger partial charge in [-0.2, -0.15) is 8.42 Å². The Morgan fingerprint density at radius 2 is 1.54 bits per heavy atom. The monoisotopic (exact) mass is 375 g/mol. The van der Waals surface area contributed by atoms with Gasteiger partial charge in [0.2, 0.25) is 0 Å². The molecule has 2 aromatic rings. The number of nitrogen functional groups attached to an aromatic ring is 1. The second kappa shape index (κ2) is 6.30. The van der Waals surface area contributed by atoms with Crippen LogP contribution in [0, 0.1) is 0 Å². The fourth-order valence-corrected chi connectivity index (χ4v) is 3.50. The molecule has 0 aliphatic carbocycles. The first-order valence-electron chi connectivity index (χ1n) is 8.26. The summed E-state index contributed by atoms with van der Waals surface area (Å²) in [5, 5.41) is 0. The van der Waals surface area contributed by atoms with Crippen LogP contribution in [0.5, 0.6) is 5.75 Å². The van der Waals surface area contributed by atoms with Crippen LogP contribution in [-0.4, -0.2) is 26.7 Å². The molecular weight excluding hydrogens is 353 g/mol. The van der Waals surface area contributed by atoms with Gasteiger partial charge in [0, 0.05) is 17.2 Å². The summed E-state index contributed by atoms with van der Waals surface area (Å²) < 4.78 is 41.8. The van der Waals surface area contributed by atoms with Crippen molar-refractivity contribution in [3.8, 4) is 5.75 Å². The molecule has 3 rings (SSSR count). The fourth-order valence-electron chi connectivity index (χ4n) is 2.55. The van der Waals surface area contributed by atoms with E-state index in [4.69, 9.17) is 19.2 Å². The molecular formula is C18H22BNO5S. The van der Waals surface area contributed by atoms with Crippen LogP contribution < -0.4 is 15.4 Å². The van der Waals surface area contributed by atoms with Crippen LogP contribution in [0.3, 0.4) is 0 Å². The van der Waals surface area contributed by atoms with E-state index in [0.717, 1.165) is 0 Å². The Kier molecular flexibility index (Phi) is 4.54. The number of benzene rings is 2. The van der Waals surface area contributed by atoms with Crippen molar-refractivity contribution in [3.63, 3.8) is 0 Å². The van der Waals surface area contributed by atoms with Crippen LogP contribution in [-0.2, 0) is 19.4 Å². The Balaban J connectivity index is 1.83. The number of rotatable bonds is 4. The van der Waals surface area contributed by atoms with Gasteiger partial charge in [-0.3, -0.25) is 0 Å². The summed E-state index contributed by atoms with van der Waals surface area (Å²) >= 11 is 0. The van der Waals surface area contributed by atoms with Crippen molar-refractivity contribution in [2.45, 2.75) is 43.8 Å². The molecule has 0 aromatic heterocycles. The zero-order valence-corrected chi connectivity index (χ0v) is 16.0. The van der Waals surface area contributed by atoms with Gasteiger partial charge in [0.1, 0.15) is 10.6 Å². The van der Waals surface area contributed by atoms with E-state index in [2.05, 4.69) is 0 Å². The van der Waals surface area contributed by atoms with Gasteiger partial charge in [-0.1, -0.05) is 24.3 Å². The van der Waals surface area contributed by atoms with Gasteiger partial charge < -0.3 is 19.2 Å². The number of hydrogen-bond donors (Lipinski definition) is 1. The van der Waals surface area contributed by atoms with Crippen molar-refractivity contribution in [2.24, 2.45) is 0 Å². The van der Waals surface area contributed by atoms with E-state index in [9.17, 15) is 8.42 Å². The lowest BCUT2D eigenvalue weighted by atomic mass is 9.78. The third kappa shape index (κ3) is 3.44. The summed E-state index contributed by atoms with van der Waals surface area (Å²) in [6.07, 6.45) is 0. The highest BCUT2D eigenvalue weighted by molar-refractivity contribution is 7.87. The van der Waals surface area contributed by atoms with E-state index in [1.165, 1.54) is 24.3 Å². The van der Waals surface area contributed by atoms with Crippen LogP contribution >= 0.6 is 0 Å². The third-order valence-corrected chi connectivity index (χ3v) is 6.06. The molecule has 6 nitrogen and oxygen atoms in total. The van der Waals surface area contributed by atoms with Crippen molar-refractivity contribution < 1.29 is 21.9 Å². The highest BCUT2D eigenvalue weighted by Gasteiger charge is 2.52. The molecule has 1 aliphatic heterocycles. The summed E-state index contributed by atoms with van der Waals surface area (Å²) in [5.74, 6) is 0.131. The predicted molar refractivity (Wildman–Crippen MR) is 101 cm³/mol. The van der Waals surface area contributed by atoms with E-state index in [1.807, 2.05) is 27.7 Å². The molecule has 1 aliphatic rings. The summed E-state index contributed by atoms with van der Waals surface area (Å²) in [7, 11) is -4.54. The van der Waals surface area contributed by atoms with Gasteiger partial charge >= 0.3 is 17.2 Å². The Labute approximate surface area is 154 Å². The minimum Gasteiger partial charge on any atom is -0.399 e. The Morgan fingerprint density at radius 3 is 2.08 bits per heavy atom. The van der Waals surface area contributed by atoms with Crippen molar-refractivity contribution >= 4 is 28.4 Å². The summed E-state index contributed by atoms with van der Waals surface area (Å²) in [4.78, 5) is 0.0774. The second-order valence-corrected chi connectivity index (χ2v) is 8.78. The van der Waals surface area contributed by atoms with Crippen LogP contribution in [0.4, 0.5) is 5.69 Å². The standard InChI is InChI=1S/C18H22BNO5S/c1-17(2)18(3,4)25-19(24-17)15-11-10-13(12-16(15)20)23-26(21,22)14-8-6-5-7-9-14/h5-12H,20H2,1-4H3. The van der Waals surface area contributed by atoms with Crippen LogP contribution in [0.2, 0.25) is 0 Å². The third-order valence-electron chi connectivity index (χ3n) is 4.80. The predicted octanol–water partition coefficient (Wildman–Crippen LogP) is 2.34. The molecule has 2 N–H and O–H groups in total. The molecule has 1 saturated heterocycles. The van der Waals surface area contributed by atoms with Crippen molar-refractivity contribution in [1.82, 2.24) is 0 Å². The first-order valence-corrected chi connectivity index (χ1v) is 9.67. The molecule has 138 valence electrons. The summed E-state index contributed by atoms with van der Waals surface area (Å²) in [5.41, 5.74) is 6.09. The number of anilines is 1. The van der Waals surface area contributed by atoms with Gasteiger partial charge in [0.25, 0.3) is 0 Å². The lowest BCUT2D eigenvalue weighted by molar-refractivity contribution is 0.00578. The zero-order chi connectivity index (χ0) is 19.2. The molecule has 0 radical (unpaired) electrons. The van der Waals surface area contributed by atoms with E-state index < -0.39 is 28.4 Å². The largest absolute Gasteiger partial charge is 0.496 e. The smallest absolute Gasteiger partial charge is 0.399 e. The van der Waals surface area contributed by atoms with Gasteiger partial charge in [0.05, 0.1) is 11.2 Å². The normalized spacial score (nSPS) is 18.7. The Bertz CT molecular complexity index is 896. The molecule has 1 heterocycles. The van der Waals surface area contributed by atoms with E-state index >= 15 is 0 Å². The average molecular weight is 375 g/mol. The average Bonchev–Trinajstić information content (AvgIpc) is 2.75. The highest BCUT2D eigenvalue weighted by atomic mass is 32.2. The van der Waals surface area contributed by atoms with Crippen LogP contribution in [0.25, 0.3) is 0 Å². The minimum atomic E-state index is -3.92. The van der Waals surface area contributed by atoms with Crippen molar-refractivity contribution in [1.29, 1.82) is 0 Å². The van der Waals surface area contributed by atoms with E-state index in [0.29, 0.717) is 11.2 Å². The molecule has 0 atom stereocenters. The summed E-state index contributed by atoms with van der Waals surface area (Å²) in [6, 6.07) is 12.6. The van der Waals surface area contributed by atoms with Gasteiger partial charge in [-0.15, -0.1) is 0 Å². The van der Waals surface area contributed by atoms with Gasteiger partial charge in [-0.05, 0) is 45.9 Å². The van der Waals surface area contributed by atoms with Gasteiger partial charge in [-0.25, -0.2) is 0 Å². The van der Waals surface area contributed by atoms with Crippen LogP contribution in [0.1, 0.15) is 27.7 Å². The van der Waals surface area contributed by atoms with E-state index in [-0.39, 0.29) is 10.6 Å². The summed E-state index contributed by atoms with van der Waals surface area (Å²) in [6.45, 7) is 7.81. The Morgan fingerprint density at radius 1 is 0.962 bits per heavy atom. The maximum atomic E-state index is 12.3. The topological polar surface area (TPSA) is 87.9 Å². The maximum absolute atomic E-state index is 12.3. The lowest BCUT2D eigenvalue weighted by Gasteiger charge is -2.32. The van der Waals surface area contributed by atoms with E-state index in [1.54, 1.807) is 24.3 Å². The number of hydrogen-bond acceptors (Lipinski definition) is 6. The molecule has 8 heteroatoms. The molecule has 0 saturated carbocycles. The van der Waals surface area contributed by atoms with Crippen LogP contribution in [0.15, 0.2) is 53.4 Å². The second-order valence-electron chi connectivity index (χ2n) is 7.23. The molecule has 2 aromatic carbocycles. The lowest BCUT2D eigenvalue weighted by Crippen LogP contribution is -2.41. The molecule has 0 amide bonds. The molecule has 26 heavy (non-hydrogen) atoms. The number of nitrogens with two attached hydrogens (primary N) is 1. The molecule has 0 bridgehead atoms. The fraction of sp³-hybridized carbons (Fsp3) is 0.333.